The van der Waals surface area contributed by atoms with Crippen LogP contribution in [-0.4, -0.2) is 73.9 Å². The van der Waals surface area contributed by atoms with E-state index in [2.05, 4.69) is 47.5 Å². The Balaban J connectivity index is 1.40. The summed E-state index contributed by atoms with van der Waals surface area (Å²) in [4.78, 5) is 24.6. The molecule has 1 aromatic carbocycles. The molecule has 0 bridgehead atoms. The van der Waals surface area contributed by atoms with Gasteiger partial charge in [0.2, 0.25) is 0 Å². The number of amidine groups is 1. The van der Waals surface area contributed by atoms with Crippen LogP contribution in [0.25, 0.3) is 5.70 Å². The van der Waals surface area contributed by atoms with Crippen LogP contribution in [0.3, 0.4) is 0 Å². The molecule has 9 nitrogen and oxygen atoms in total. The van der Waals surface area contributed by atoms with Crippen molar-refractivity contribution in [3.8, 4) is 0 Å². The van der Waals surface area contributed by atoms with E-state index in [4.69, 9.17) is 4.99 Å². The highest BCUT2D eigenvalue weighted by atomic mass is 19.1. The van der Waals surface area contributed by atoms with E-state index >= 15 is 4.39 Å². The summed E-state index contributed by atoms with van der Waals surface area (Å²) < 4.78 is 15.1. The van der Waals surface area contributed by atoms with Crippen LogP contribution in [0.4, 0.5) is 21.6 Å². The molecular formula is C31H36FN9. The summed E-state index contributed by atoms with van der Waals surface area (Å²) in [6.45, 7) is 7.76. The van der Waals surface area contributed by atoms with E-state index in [0.29, 0.717) is 24.0 Å². The minimum absolute atomic E-state index is 0.343. The first kappa shape index (κ1) is 28.1. The number of nitrogens with one attached hydrogen (secondary N) is 3. The molecule has 3 aromatic rings. The number of hydrogen-bond acceptors (Lipinski definition) is 8. The lowest BCUT2D eigenvalue weighted by Crippen LogP contribution is -2.47. The van der Waals surface area contributed by atoms with Gasteiger partial charge in [-0.2, -0.15) is 0 Å². The molecule has 0 unspecified atom stereocenters. The molecule has 0 spiro atoms. The van der Waals surface area contributed by atoms with Gasteiger partial charge in [-0.1, -0.05) is 6.07 Å². The van der Waals surface area contributed by atoms with Crippen molar-refractivity contribution in [2.24, 2.45) is 15.0 Å². The fourth-order valence-electron chi connectivity index (χ4n) is 4.95. The molecule has 41 heavy (non-hydrogen) atoms. The van der Waals surface area contributed by atoms with Gasteiger partial charge in [0.15, 0.2) is 0 Å². The Morgan fingerprint density at radius 3 is 2.73 bits per heavy atom. The predicted molar refractivity (Wildman–Crippen MR) is 165 cm³/mol. The second kappa shape index (κ2) is 13.3. The highest BCUT2D eigenvalue weighted by molar-refractivity contribution is 6.04. The quantitative estimate of drug-likeness (QED) is 0.249. The van der Waals surface area contributed by atoms with Crippen LogP contribution in [0.1, 0.15) is 41.0 Å². The predicted octanol–water partition coefficient (Wildman–Crippen LogP) is 4.68. The number of halogens is 1. The van der Waals surface area contributed by atoms with Gasteiger partial charge in [-0.05, 0) is 66.9 Å². The van der Waals surface area contributed by atoms with Crippen molar-refractivity contribution in [3.63, 3.8) is 0 Å². The van der Waals surface area contributed by atoms with Crippen molar-refractivity contribution >= 4 is 41.7 Å². The molecule has 2 aliphatic rings. The lowest BCUT2D eigenvalue weighted by molar-refractivity contribution is 0.357. The molecular weight excluding hydrogens is 517 g/mol. The molecule has 3 N–H and O–H groups in total. The number of aromatic nitrogens is 2. The average Bonchev–Trinajstić information content (AvgIpc) is 3.85. The molecule has 5 rings (SSSR count). The van der Waals surface area contributed by atoms with Gasteiger partial charge in [0, 0.05) is 75.7 Å². The van der Waals surface area contributed by atoms with Crippen LogP contribution in [0, 0.1) is 5.82 Å². The second-order valence-corrected chi connectivity index (χ2v) is 10.0. The van der Waals surface area contributed by atoms with E-state index in [1.54, 1.807) is 44.8 Å². The van der Waals surface area contributed by atoms with Crippen LogP contribution < -0.4 is 16.0 Å². The summed E-state index contributed by atoms with van der Waals surface area (Å²) in [5, 5.41) is 9.62. The van der Waals surface area contributed by atoms with Crippen molar-refractivity contribution < 1.29 is 4.39 Å². The Bertz CT molecular complexity index is 1470. The standard InChI is InChI=1S/C31H36FN9/c1-33-10-9-26(34-2)23-6-7-27(25(32)17-23)40-29-16-21(8-11-38-29)18-39-31(41-14-12-36-13-15-41)30-24(22-4-5-22)19-37-20-28(30)35-3/h6-11,16-17,19-20,22,34,36H,3-5,12-15,18H2,1-2H3,(H,38,40)/b26-9-,33-10-,39-31+. The topological polar surface area (TPSA) is 102 Å². The number of hydrogen-bond donors (Lipinski definition) is 3. The molecule has 0 radical (unpaired) electrons. The van der Waals surface area contributed by atoms with Gasteiger partial charge >= 0.3 is 0 Å². The second-order valence-electron chi connectivity index (χ2n) is 10.0. The molecule has 3 heterocycles. The molecule has 212 valence electrons. The van der Waals surface area contributed by atoms with Crippen LogP contribution in [-0.2, 0) is 6.54 Å². The van der Waals surface area contributed by atoms with E-state index < -0.39 is 0 Å². The van der Waals surface area contributed by atoms with Gasteiger partial charge < -0.3 is 20.9 Å². The first-order valence-electron chi connectivity index (χ1n) is 13.9. The van der Waals surface area contributed by atoms with Crippen LogP contribution in [0.15, 0.2) is 70.0 Å². The van der Waals surface area contributed by atoms with Crippen molar-refractivity contribution in [2.45, 2.75) is 25.3 Å². The van der Waals surface area contributed by atoms with Crippen LogP contribution >= 0.6 is 0 Å². The maximum atomic E-state index is 15.1. The molecule has 0 amide bonds. The molecule has 1 saturated heterocycles. The molecule has 10 heteroatoms. The van der Waals surface area contributed by atoms with Crippen molar-refractivity contribution in [3.05, 3.63) is 83.1 Å². The van der Waals surface area contributed by atoms with E-state index in [1.807, 2.05) is 24.4 Å². The zero-order valence-corrected chi connectivity index (χ0v) is 23.6. The summed E-state index contributed by atoms with van der Waals surface area (Å²) >= 11 is 0. The summed E-state index contributed by atoms with van der Waals surface area (Å²) in [6.07, 6.45) is 11.2. The lowest BCUT2D eigenvalue weighted by Gasteiger charge is -2.32. The van der Waals surface area contributed by atoms with Gasteiger partial charge in [0.25, 0.3) is 0 Å². The Morgan fingerprint density at radius 2 is 2.02 bits per heavy atom. The van der Waals surface area contributed by atoms with Crippen molar-refractivity contribution in [2.75, 3.05) is 45.6 Å². The van der Waals surface area contributed by atoms with E-state index in [1.165, 1.54) is 11.6 Å². The highest BCUT2D eigenvalue weighted by Gasteiger charge is 2.31. The minimum Gasteiger partial charge on any atom is -0.388 e. The average molecular weight is 554 g/mol. The number of piperazine rings is 1. The summed E-state index contributed by atoms with van der Waals surface area (Å²) in [5.74, 6) is 1.59. The maximum Gasteiger partial charge on any atom is 0.147 e. The number of rotatable bonds is 10. The monoisotopic (exact) mass is 553 g/mol. The number of nitrogens with zero attached hydrogens (tertiary/aromatic N) is 6. The first-order valence-corrected chi connectivity index (χ1v) is 13.9. The Morgan fingerprint density at radius 1 is 1.20 bits per heavy atom. The van der Waals surface area contributed by atoms with Gasteiger partial charge in [0.1, 0.15) is 17.5 Å². The third-order valence-electron chi connectivity index (χ3n) is 7.22. The van der Waals surface area contributed by atoms with E-state index in [-0.39, 0.29) is 5.82 Å². The number of pyridine rings is 2. The molecule has 0 atom stereocenters. The van der Waals surface area contributed by atoms with Crippen molar-refractivity contribution in [1.29, 1.82) is 0 Å². The lowest BCUT2D eigenvalue weighted by atomic mass is 10.0. The molecule has 1 saturated carbocycles. The zero-order chi connectivity index (χ0) is 28.6. The van der Waals surface area contributed by atoms with Gasteiger partial charge in [-0.3, -0.25) is 20.0 Å². The molecule has 2 aromatic heterocycles. The zero-order valence-electron chi connectivity index (χ0n) is 23.6. The van der Waals surface area contributed by atoms with Gasteiger partial charge in [-0.15, -0.1) is 0 Å². The van der Waals surface area contributed by atoms with Gasteiger partial charge in [-0.25, -0.2) is 9.37 Å². The summed E-state index contributed by atoms with van der Waals surface area (Å²) in [5.41, 5.74) is 5.80. The Hall–Kier alpha value is -4.44. The number of anilines is 2. The number of benzene rings is 1. The largest absolute Gasteiger partial charge is 0.388 e. The van der Waals surface area contributed by atoms with Crippen LogP contribution in [0.5, 0.6) is 0 Å². The fourth-order valence-corrected chi connectivity index (χ4v) is 4.95. The number of allylic oxidation sites excluding steroid dienone is 1. The molecule has 1 aliphatic heterocycles. The SMILES string of the molecule is C=Nc1cncc(C2CC2)c1/C(=N\Cc1ccnc(Nc2ccc(/C(=C/C=N\C)NC)cc2F)c1)N1CCNCC1. The fraction of sp³-hybridized carbons (Fsp3) is 0.323. The minimum atomic E-state index is -0.377. The highest BCUT2D eigenvalue weighted by Crippen LogP contribution is 2.43. The Labute approximate surface area is 240 Å². The molecule has 1 aliphatic carbocycles. The smallest absolute Gasteiger partial charge is 0.147 e. The number of aliphatic imine (C=N–C) groups is 3. The van der Waals surface area contributed by atoms with Gasteiger partial charge in [0.05, 0.1) is 24.1 Å². The summed E-state index contributed by atoms with van der Waals surface area (Å²) in [6, 6.07) is 8.89. The van der Waals surface area contributed by atoms with E-state index in [0.717, 1.165) is 72.9 Å². The third-order valence-corrected chi connectivity index (χ3v) is 7.22. The Kier molecular flexibility index (Phi) is 9.10. The third kappa shape index (κ3) is 6.83. The van der Waals surface area contributed by atoms with Crippen LogP contribution in [0.2, 0.25) is 0 Å². The summed E-state index contributed by atoms with van der Waals surface area (Å²) in [7, 11) is 3.48. The van der Waals surface area contributed by atoms with E-state index in [9.17, 15) is 0 Å². The first-order chi connectivity index (χ1) is 20.1. The van der Waals surface area contributed by atoms with Crippen molar-refractivity contribution in [1.82, 2.24) is 25.5 Å². The maximum absolute atomic E-state index is 15.1. The normalized spacial score (nSPS) is 16.2. The molecule has 2 fully saturated rings.